The number of amides is 3. The fourth-order valence-electron chi connectivity index (χ4n) is 4.86. The standard InChI is InChI=1S/C39H35N3O5S/c1-27(39(45)42(31-15-9-5-10-16-31)32-17-11-6-12-18-32)48-33-22-20-30(21-23-33)40-38(44)34(41-37(43)29-13-7-4-8-14-29)25-28-19-24-35(46-2)36(26-28)47-3/h4-27H,1-3H3,(H,40,44)(H,41,43)/b34-25-. The molecule has 1 unspecified atom stereocenters. The van der Waals surface area contributed by atoms with Crippen LogP contribution in [0.5, 0.6) is 11.5 Å². The molecule has 242 valence electrons. The monoisotopic (exact) mass is 657 g/mol. The number of nitrogens with zero attached hydrogens (tertiary/aromatic N) is 1. The predicted molar refractivity (Wildman–Crippen MR) is 192 cm³/mol. The second-order valence-corrected chi connectivity index (χ2v) is 12.0. The molecule has 8 nitrogen and oxygen atoms in total. The van der Waals surface area contributed by atoms with Crippen molar-refractivity contribution in [3.8, 4) is 11.5 Å². The van der Waals surface area contributed by atoms with Crippen molar-refractivity contribution in [2.24, 2.45) is 0 Å². The third kappa shape index (κ3) is 8.51. The van der Waals surface area contributed by atoms with Gasteiger partial charge >= 0.3 is 0 Å². The van der Waals surface area contributed by atoms with Gasteiger partial charge in [-0.15, -0.1) is 11.8 Å². The van der Waals surface area contributed by atoms with Crippen molar-refractivity contribution in [3.63, 3.8) is 0 Å². The van der Waals surface area contributed by atoms with E-state index in [1.807, 2.05) is 85.8 Å². The molecule has 0 heterocycles. The zero-order valence-corrected chi connectivity index (χ0v) is 27.6. The minimum Gasteiger partial charge on any atom is -0.493 e. The molecule has 0 aliphatic carbocycles. The lowest BCUT2D eigenvalue weighted by Crippen LogP contribution is -2.32. The first-order valence-corrected chi connectivity index (χ1v) is 16.1. The average Bonchev–Trinajstić information content (AvgIpc) is 3.13. The molecular formula is C39H35N3O5S. The van der Waals surface area contributed by atoms with E-state index >= 15 is 0 Å². The summed E-state index contributed by atoms with van der Waals surface area (Å²) in [7, 11) is 3.07. The lowest BCUT2D eigenvalue weighted by Gasteiger charge is -2.26. The van der Waals surface area contributed by atoms with Crippen LogP contribution < -0.4 is 25.0 Å². The number of para-hydroxylation sites is 2. The van der Waals surface area contributed by atoms with Gasteiger partial charge in [0.15, 0.2) is 11.5 Å². The van der Waals surface area contributed by atoms with E-state index in [0.717, 1.165) is 16.3 Å². The van der Waals surface area contributed by atoms with Crippen LogP contribution in [0.15, 0.2) is 144 Å². The summed E-state index contributed by atoms with van der Waals surface area (Å²) in [5.74, 6) is 0.0174. The molecule has 0 spiro atoms. The molecule has 5 rings (SSSR count). The van der Waals surface area contributed by atoms with Gasteiger partial charge in [-0.05, 0) is 91.4 Å². The Kier molecular flexibility index (Phi) is 11.3. The number of thioether (sulfide) groups is 1. The first-order valence-electron chi connectivity index (χ1n) is 15.2. The molecule has 0 aliphatic rings. The molecule has 0 aromatic heterocycles. The Balaban J connectivity index is 1.32. The maximum absolute atomic E-state index is 13.7. The summed E-state index contributed by atoms with van der Waals surface area (Å²) in [6.07, 6.45) is 1.57. The summed E-state index contributed by atoms with van der Waals surface area (Å²) in [5.41, 5.74) is 3.16. The van der Waals surface area contributed by atoms with Crippen molar-refractivity contribution < 1.29 is 23.9 Å². The molecule has 1 atom stereocenters. The summed E-state index contributed by atoms with van der Waals surface area (Å²) in [6, 6.07) is 40.2. The average molecular weight is 658 g/mol. The molecule has 5 aromatic carbocycles. The Bertz CT molecular complexity index is 1840. The van der Waals surface area contributed by atoms with Crippen LogP contribution in [0.4, 0.5) is 17.1 Å². The highest BCUT2D eigenvalue weighted by atomic mass is 32.2. The minimum atomic E-state index is -0.514. The number of methoxy groups -OCH3 is 2. The van der Waals surface area contributed by atoms with Gasteiger partial charge in [0.25, 0.3) is 11.8 Å². The van der Waals surface area contributed by atoms with Crippen LogP contribution in [0.3, 0.4) is 0 Å². The molecular weight excluding hydrogens is 623 g/mol. The van der Waals surface area contributed by atoms with Crippen LogP contribution in [0.1, 0.15) is 22.8 Å². The molecule has 9 heteroatoms. The third-order valence-electron chi connectivity index (χ3n) is 7.27. The molecule has 0 fully saturated rings. The first kappa shape index (κ1) is 33.6. The van der Waals surface area contributed by atoms with E-state index in [1.54, 1.807) is 72.7 Å². The van der Waals surface area contributed by atoms with Crippen molar-refractivity contribution in [1.82, 2.24) is 5.32 Å². The van der Waals surface area contributed by atoms with Gasteiger partial charge in [0.05, 0.1) is 19.5 Å². The molecule has 0 aliphatic heterocycles. The number of rotatable bonds is 12. The molecule has 0 saturated heterocycles. The summed E-state index contributed by atoms with van der Waals surface area (Å²) >= 11 is 1.42. The van der Waals surface area contributed by atoms with Crippen LogP contribution >= 0.6 is 11.8 Å². The van der Waals surface area contributed by atoms with E-state index in [-0.39, 0.29) is 11.6 Å². The first-order chi connectivity index (χ1) is 23.4. The molecule has 5 aromatic rings. The molecule has 0 bridgehead atoms. The van der Waals surface area contributed by atoms with E-state index in [9.17, 15) is 14.4 Å². The second-order valence-electron chi connectivity index (χ2n) is 10.6. The van der Waals surface area contributed by atoms with Crippen molar-refractivity contribution >= 4 is 52.6 Å². The highest BCUT2D eigenvalue weighted by Crippen LogP contribution is 2.32. The van der Waals surface area contributed by atoms with Crippen molar-refractivity contribution in [1.29, 1.82) is 0 Å². The summed E-state index contributed by atoms with van der Waals surface area (Å²) in [4.78, 5) is 42.9. The van der Waals surface area contributed by atoms with Crippen molar-refractivity contribution in [3.05, 3.63) is 150 Å². The minimum absolute atomic E-state index is 0.0376. The second kappa shape index (κ2) is 16.2. The number of anilines is 3. The Morgan fingerprint density at radius 2 is 1.27 bits per heavy atom. The summed E-state index contributed by atoms with van der Waals surface area (Å²) in [6.45, 7) is 1.88. The highest BCUT2D eigenvalue weighted by Gasteiger charge is 2.24. The normalized spacial score (nSPS) is 11.6. The van der Waals surface area contributed by atoms with Crippen molar-refractivity contribution in [2.45, 2.75) is 17.1 Å². The fraction of sp³-hybridized carbons (Fsp3) is 0.103. The Morgan fingerprint density at radius 1 is 0.708 bits per heavy atom. The lowest BCUT2D eigenvalue weighted by atomic mass is 10.1. The zero-order valence-electron chi connectivity index (χ0n) is 26.8. The number of carbonyl (C=O) groups excluding carboxylic acids is 3. The summed E-state index contributed by atoms with van der Waals surface area (Å²) < 4.78 is 10.7. The van der Waals surface area contributed by atoms with Crippen LogP contribution in [0, 0.1) is 0 Å². The van der Waals surface area contributed by atoms with Gasteiger partial charge in [0.1, 0.15) is 5.70 Å². The number of ether oxygens (including phenoxy) is 2. The van der Waals surface area contributed by atoms with Crippen LogP contribution in [0.25, 0.3) is 6.08 Å². The zero-order chi connectivity index (χ0) is 33.9. The van der Waals surface area contributed by atoms with E-state index in [4.69, 9.17) is 9.47 Å². The largest absolute Gasteiger partial charge is 0.493 e. The lowest BCUT2D eigenvalue weighted by molar-refractivity contribution is -0.117. The number of nitrogens with one attached hydrogen (secondary N) is 2. The van der Waals surface area contributed by atoms with E-state index in [2.05, 4.69) is 10.6 Å². The molecule has 2 N–H and O–H groups in total. The SMILES string of the molecule is COc1ccc(/C=C(\NC(=O)c2ccccc2)C(=O)Nc2ccc(SC(C)C(=O)N(c3ccccc3)c3ccccc3)cc2)cc1OC. The topological polar surface area (TPSA) is 97.0 Å². The number of benzene rings is 5. The molecule has 48 heavy (non-hydrogen) atoms. The Hall–Kier alpha value is -5.80. The van der Waals surface area contributed by atoms with E-state index in [1.165, 1.54) is 18.9 Å². The number of hydrogen-bond donors (Lipinski definition) is 2. The van der Waals surface area contributed by atoms with E-state index < -0.39 is 17.1 Å². The molecule has 0 saturated carbocycles. The maximum Gasteiger partial charge on any atom is 0.272 e. The number of carbonyl (C=O) groups is 3. The van der Waals surface area contributed by atoms with Crippen LogP contribution in [-0.4, -0.2) is 37.2 Å². The van der Waals surface area contributed by atoms with Gasteiger partial charge in [-0.2, -0.15) is 0 Å². The number of hydrogen-bond acceptors (Lipinski definition) is 6. The third-order valence-corrected chi connectivity index (χ3v) is 8.37. The van der Waals surface area contributed by atoms with Gasteiger partial charge in [0, 0.05) is 27.5 Å². The summed E-state index contributed by atoms with van der Waals surface area (Å²) in [5, 5.41) is 5.21. The Morgan fingerprint density at radius 3 is 1.83 bits per heavy atom. The van der Waals surface area contributed by atoms with Gasteiger partial charge in [0.2, 0.25) is 5.91 Å². The fourth-order valence-corrected chi connectivity index (χ4v) is 5.77. The highest BCUT2D eigenvalue weighted by molar-refractivity contribution is 8.00. The molecule has 3 amide bonds. The molecule has 0 radical (unpaired) electrons. The predicted octanol–water partition coefficient (Wildman–Crippen LogP) is 7.96. The van der Waals surface area contributed by atoms with Gasteiger partial charge in [-0.25, -0.2) is 0 Å². The van der Waals surface area contributed by atoms with Crippen LogP contribution in [-0.2, 0) is 9.59 Å². The Labute approximate surface area is 284 Å². The maximum atomic E-state index is 13.7. The quantitative estimate of drug-likeness (QED) is 0.104. The smallest absolute Gasteiger partial charge is 0.272 e. The van der Waals surface area contributed by atoms with Gasteiger partial charge < -0.3 is 20.1 Å². The van der Waals surface area contributed by atoms with Crippen LogP contribution in [0.2, 0.25) is 0 Å². The van der Waals surface area contributed by atoms with E-state index in [0.29, 0.717) is 28.3 Å². The van der Waals surface area contributed by atoms with Gasteiger partial charge in [-0.1, -0.05) is 60.7 Å². The van der Waals surface area contributed by atoms with Crippen molar-refractivity contribution in [2.75, 3.05) is 24.4 Å². The van der Waals surface area contributed by atoms with Gasteiger partial charge in [-0.3, -0.25) is 19.3 Å².